The lowest BCUT2D eigenvalue weighted by Crippen LogP contribution is -2.50. The van der Waals surface area contributed by atoms with Crippen molar-refractivity contribution < 1.29 is 14.0 Å². The minimum absolute atomic E-state index is 0.0778. The van der Waals surface area contributed by atoms with Gasteiger partial charge in [0.05, 0.1) is 12.1 Å². The molecule has 2 heterocycles. The Bertz CT molecular complexity index is 540. The molecule has 1 aromatic rings. The Kier molecular flexibility index (Phi) is 5.71. The van der Waals surface area contributed by atoms with Gasteiger partial charge in [0, 0.05) is 17.9 Å². The average molecular weight is 322 g/mol. The topological polar surface area (TPSA) is 62.6 Å². The molecule has 1 fully saturated rings. The average Bonchev–Trinajstić information content (AvgIpc) is 3.15. The highest BCUT2D eigenvalue weighted by atomic mass is 32.2. The first-order chi connectivity index (χ1) is 10.5. The van der Waals surface area contributed by atoms with Gasteiger partial charge in [-0.3, -0.25) is 9.59 Å². The molecule has 2 rings (SSSR count). The van der Waals surface area contributed by atoms with E-state index in [-0.39, 0.29) is 17.9 Å². The van der Waals surface area contributed by atoms with Crippen molar-refractivity contribution in [1.29, 1.82) is 0 Å². The van der Waals surface area contributed by atoms with Gasteiger partial charge in [0.25, 0.3) is 0 Å². The minimum Gasteiger partial charge on any atom is -0.465 e. The molecule has 22 heavy (non-hydrogen) atoms. The largest absolute Gasteiger partial charge is 0.465 e. The number of amides is 2. The van der Waals surface area contributed by atoms with Gasteiger partial charge in [-0.2, -0.15) is 0 Å². The van der Waals surface area contributed by atoms with Crippen LogP contribution in [0.2, 0.25) is 0 Å². The molecule has 2 amide bonds. The monoisotopic (exact) mass is 322 g/mol. The Balaban J connectivity index is 1.97. The van der Waals surface area contributed by atoms with Crippen molar-refractivity contribution in [2.24, 2.45) is 5.92 Å². The standard InChI is InChI=1S/C16H22N2O3S/c1-11(2)12(3)17-16(20)14-9-22-10-18(14)15(19)7-6-13-5-4-8-21-13/h4-8,11-12,14H,9-10H2,1-3H3,(H,17,20)/b7-6+/t12-,14+/m1/s1. The van der Waals surface area contributed by atoms with Gasteiger partial charge in [-0.15, -0.1) is 11.8 Å². The van der Waals surface area contributed by atoms with E-state index in [2.05, 4.69) is 19.2 Å². The van der Waals surface area contributed by atoms with Gasteiger partial charge in [-0.05, 0) is 31.1 Å². The first kappa shape index (κ1) is 16.7. The fourth-order valence-electron chi connectivity index (χ4n) is 2.00. The Morgan fingerprint density at radius 3 is 2.86 bits per heavy atom. The van der Waals surface area contributed by atoms with Crippen LogP contribution < -0.4 is 5.32 Å². The fraction of sp³-hybridized carbons (Fsp3) is 0.500. The number of carbonyl (C=O) groups excluding carboxylic acids is 2. The Morgan fingerprint density at radius 1 is 1.45 bits per heavy atom. The molecule has 0 aromatic carbocycles. The molecule has 0 spiro atoms. The van der Waals surface area contributed by atoms with Crippen LogP contribution in [0.1, 0.15) is 26.5 Å². The van der Waals surface area contributed by atoms with Crippen molar-refractivity contribution in [1.82, 2.24) is 10.2 Å². The molecular formula is C16H22N2O3S. The molecule has 5 nitrogen and oxygen atoms in total. The number of thioether (sulfide) groups is 1. The van der Waals surface area contributed by atoms with Crippen LogP contribution in [0.15, 0.2) is 28.9 Å². The van der Waals surface area contributed by atoms with Crippen molar-refractivity contribution in [3.05, 3.63) is 30.2 Å². The first-order valence-electron chi connectivity index (χ1n) is 7.39. The molecule has 1 aliphatic heterocycles. The second kappa shape index (κ2) is 7.54. The highest BCUT2D eigenvalue weighted by molar-refractivity contribution is 7.99. The van der Waals surface area contributed by atoms with Gasteiger partial charge in [-0.1, -0.05) is 13.8 Å². The maximum Gasteiger partial charge on any atom is 0.248 e. The molecule has 1 saturated heterocycles. The number of rotatable bonds is 5. The van der Waals surface area contributed by atoms with E-state index in [1.165, 1.54) is 6.08 Å². The Hall–Kier alpha value is -1.69. The smallest absolute Gasteiger partial charge is 0.248 e. The molecule has 0 aliphatic carbocycles. The number of hydrogen-bond acceptors (Lipinski definition) is 4. The number of carbonyl (C=O) groups is 2. The van der Waals surface area contributed by atoms with E-state index in [9.17, 15) is 9.59 Å². The van der Waals surface area contributed by atoms with Crippen LogP contribution >= 0.6 is 11.8 Å². The van der Waals surface area contributed by atoms with E-state index in [0.717, 1.165) is 0 Å². The second-order valence-electron chi connectivity index (χ2n) is 5.71. The van der Waals surface area contributed by atoms with Crippen LogP contribution in [0, 0.1) is 5.92 Å². The number of hydrogen-bond donors (Lipinski definition) is 1. The lowest BCUT2D eigenvalue weighted by atomic mass is 10.1. The molecule has 2 atom stereocenters. The molecule has 6 heteroatoms. The third-order valence-corrected chi connectivity index (χ3v) is 4.78. The summed E-state index contributed by atoms with van der Waals surface area (Å²) in [6, 6.07) is 3.23. The summed E-state index contributed by atoms with van der Waals surface area (Å²) in [5.41, 5.74) is 0. The summed E-state index contributed by atoms with van der Waals surface area (Å²) >= 11 is 1.59. The normalized spacial score (nSPS) is 19.8. The molecule has 1 aromatic heterocycles. The summed E-state index contributed by atoms with van der Waals surface area (Å²) in [5, 5.41) is 2.99. The molecule has 1 N–H and O–H groups in total. The van der Waals surface area contributed by atoms with Crippen molar-refractivity contribution in [3.63, 3.8) is 0 Å². The Labute approximate surface area is 135 Å². The Morgan fingerprint density at radius 2 is 2.23 bits per heavy atom. The SMILES string of the molecule is CC(C)[C@@H](C)NC(=O)[C@@H]1CSCN1C(=O)/C=C/c1ccco1. The second-order valence-corrected chi connectivity index (χ2v) is 6.71. The highest BCUT2D eigenvalue weighted by Crippen LogP contribution is 2.22. The van der Waals surface area contributed by atoms with E-state index < -0.39 is 6.04 Å². The third-order valence-electron chi connectivity index (χ3n) is 3.77. The van der Waals surface area contributed by atoms with Gasteiger partial charge < -0.3 is 14.6 Å². The third kappa shape index (κ3) is 4.16. The predicted octanol–water partition coefficient (Wildman–Crippen LogP) is 2.36. The number of nitrogens with zero attached hydrogens (tertiary/aromatic N) is 1. The molecule has 0 bridgehead atoms. The van der Waals surface area contributed by atoms with E-state index in [1.54, 1.807) is 41.1 Å². The first-order valence-corrected chi connectivity index (χ1v) is 8.55. The molecule has 0 radical (unpaired) electrons. The maximum absolute atomic E-state index is 12.3. The zero-order chi connectivity index (χ0) is 16.1. The summed E-state index contributed by atoms with van der Waals surface area (Å²) in [4.78, 5) is 26.2. The van der Waals surface area contributed by atoms with Crippen molar-refractivity contribution >= 4 is 29.7 Å². The summed E-state index contributed by atoms with van der Waals surface area (Å²) in [6.07, 6.45) is 4.63. The van der Waals surface area contributed by atoms with Gasteiger partial charge >= 0.3 is 0 Å². The van der Waals surface area contributed by atoms with Gasteiger partial charge in [0.2, 0.25) is 11.8 Å². The van der Waals surface area contributed by atoms with Crippen LogP contribution in [-0.2, 0) is 9.59 Å². The van der Waals surface area contributed by atoms with E-state index in [4.69, 9.17) is 4.42 Å². The van der Waals surface area contributed by atoms with Crippen LogP contribution in [0.25, 0.3) is 6.08 Å². The van der Waals surface area contributed by atoms with Crippen LogP contribution in [0.3, 0.4) is 0 Å². The lowest BCUT2D eigenvalue weighted by molar-refractivity contribution is -0.135. The predicted molar refractivity (Wildman–Crippen MR) is 88.1 cm³/mol. The van der Waals surface area contributed by atoms with Crippen LogP contribution in [-0.4, -0.2) is 40.4 Å². The van der Waals surface area contributed by atoms with Gasteiger partial charge in [0.15, 0.2) is 0 Å². The quantitative estimate of drug-likeness (QED) is 0.845. The fourth-order valence-corrected chi connectivity index (χ4v) is 3.16. The summed E-state index contributed by atoms with van der Waals surface area (Å²) in [6.45, 7) is 6.10. The van der Waals surface area contributed by atoms with Crippen molar-refractivity contribution in [2.75, 3.05) is 11.6 Å². The minimum atomic E-state index is -0.403. The van der Waals surface area contributed by atoms with Gasteiger partial charge in [0.1, 0.15) is 11.8 Å². The van der Waals surface area contributed by atoms with E-state index in [0.29, 0.717) is 23.3 Å². The lowest BCUT2D eigenvalue weighted by Gasteiger charge is -2.25. The number of nitrogens with one attached hydrogen (secondary N) is 1. The summed E-state index contributed by atoms with van der Waals surface area (Å²) in [5.74, 6) is 1.91. The molecule has 0 unspecified atom stereocenters. The van der Waals surface area contributed by atoms with Crippen LogP contribution in [0.5, 0.6) is 0 Å². The van der Waals surface area contributed by atoms with E-state index >= 15 is 0 Å². The van der Waals surface area contributed by atoms with Crippen molar-refractivity contribution in [2.45, 2.75) is 32.9 Å². The highest BCUT2D eigenvalue weighted by Gasteiger charge is 2.34. The van der Waals surface area contributed by atoms with Crippen LogP contribution in [0.4, 0.5) is 0 Å². The molecule has 0 saturated carbocycles. The molecule has 120 valence electrons. The summed E-state index contributed by atoms with van der Waals surface area (Å²) in [7, 11) is 0. The zero-order valence-electron chi connectivity index (χ0n) is 13.1. The molecule has 1 aliphatic rings. The molecular weight excluding hydrogens is 300 g/mol. The maximum atomic E-state index is 12.3. The van der Waals surface area contributed by atoms with Gasteiger partial charge in [-0.25, -0.2) is 0 Å². The van der Waals surface area contributed by atoms with Crippen molar-refractivity contribution in [3.8, 4) is 0 Å². The number of furan rings is 1. The van der Waals surface area contributed by atoms with E-state index in [1.807, 2.05) is 6.92 Å². The summed E-state index contributed by atoms with van der Waals surface area (Å²) < 4.78 is 5.16. The zero-order valence-corrected chi connectivity index (χ0v) is 13.9.